The van der Waals surface area contributed by atoms with E-state index < -0.39 is 17.5 Å². The summed E-state index contributed by atoms with van der Waals surface area (Å²) in [7, 11) is 0. The highest BCUT2D eigenvalue weighted by molar-refractivity contribution is 7.99. The van der Waals surface area contributed by atoms with Gasteiger partial charge in [-0.1, -0.05) is 12.8 Å². The van der Waals surface area contributed by atoms with Gasteiger partial charge in [0.25, 0.3) is 5.91 Å². The van der Waals surface area contributed by atoms with E-state index in [2.05, 4.69) is 20.6 Å². The molecule has 8 nitrogen and oxygen atoms in total. The van der Waals surface area contributed by atoms with Crippen LogP contribution >= 0.6 is 11.8 Å². The van der Waals surface area contributed by atoms with E-state index >= 15 is 0 Å². The molecule has 2 aliphatic rings. The molecule has 1 aliphatic heterocycles. The van der Waals surface area contributed by atoms with Crippen LogP contribution < -0.4 is 10.6 Å². The van der Waals surface area contributed by atoms with Crippen LogP contribution in [0.4, 0.5) is 10.5 Å². The van der Waals surface area contributed by atoms with Crippen LogP contribution in [0.25, 0.3) is 0 Å². The van der Waals surface area contributed by atoms with Crippen molar-refractivity contribution in [3.63, 3.8) is 0 Å². The number of hydrogen-bond donors (Lipinski definition) is 2. The van der Waals surface area contributed by atoms with Crippen molar-refractivity contribution in [2.24, 2.45) is 0 Å². The fraction of sp³-hybridized carbons (Fsp3) is 0.381. The molecule has 1 aromatic carbocycles. The van der Waals surface area contributed by atoms with E-state index in [0.29, 0.717) is 23.7 Å². The van der Waals surface area contributed by atoms with E-state index in [4.69, 9.17) is 0 Å². The minimum atomic E-state index is -0.799. The Morgan fingerprint density at radius 3 is 2.40 bits per heavy atom. The second-order valence-corrected chi connectivity index (χ2v) is 8.76. The molecule has 4 rings (SSSR count). The predicted octanol–water partition coefficient (Wildman–Crippen LogP) is 3.05. The second-order valence-electron chi connectivity index (χ2n) is 7.72. The van der Waals surface area contributed by atoms with E-state index in [0.717, 1.165) is 34.0 Å². The Labute approximate surface area is 178 Å². The van der Waals surface area contributed by atoms with Gasteiger partial charge in [-0.25, -0.2) is 14.8 Å². The topological polar surface area (TPSA) is 104 Å². The van der Waals surface area contributed by atoms with Crippen molar-refractivity contribution in [2.75, 3.05) is 11.9 Å². The summed E-state index contributed by atoms with van der Waals surface area (Å²) in [6, 6.07) is 8.70. The number of rotatable bonds is 5. The zero-order valence-electron chi connectivity index (χ0n) is 16.9. The normalized spacial score (nSPS) is 17.5. The van der Waals surface area contributed by atoms with Gasteiger partial charge < -0.3 is 10.6 Å². The number of aryl methyl sites for hydroxylation is 2. The molecule has 0 unspecified atom stereocenters. The zero-order chi connectivity index (χ0) is 21.3. The van der Waals surface area contributed by atoms with E-state index in [9.17, 15) is 14.4 Å². The largest absolute Gasteiger partial charge is 0.325 e. The fourth-order valence-electron chi connectivity index (χ4n) is 3.93. The lowest BCUT2D eigenvalue weighted by atomic mass is 9.98. The Kier molecular flexibility index (Phi) is 5.46. The Morgan fingerprint density at radius 2 is 1.77 bits per heavy atom. The number of amides is 4. The number of aromatic nitrogens is 2. The average molecular weight is 426 g/mol. The van der Waals surface area contributed by atoms with Crippen molar-refractivity contribution in [3.05, 3.63) is 41.7 Å². The summed E-state index contributed by atoms with van der Waals surface area (Å²) in [6.45, 7) is 3.56. The molecule has 1 saturated carbocycles. The molecule has 156 valence electrons. The van der Waals surface area contributed by atoms with Gasteiger partial charge in [-0.2, -0.15) is 0 Å². The monoisotopic (exact) mass is 425 g/mol. The number of hydrogen-bond acceptors (Lipinski definition) is 6. The van der Waals surface area contributed by atoms with Gasteiger partial charge in [0.1, 0.15) is 12.1 Å². The minimum Gasteiger partial charge on any atom is -0.325 e. The first-order valence-electron chi connectivity index (χ1n) is 9.89. The third-order valence-electron chi connectivity index (χ3n) is 5.31. The van der Waals surface area contributed by atoms with Crippen molar-refractivity contribution in [1.29, 1.82) is 0 Å². The third kappa shape index (κ3) is 4.16. The van der Waals surface area contributed by atoms with Gasteiger partial charge in [0.15, 0.2) is 5.16 Å². The average Bonchev–Trinajstić information content (AvgIpc) is 3.23. The standard InChI is InChI=1S/C21H23N5O3S/c1-13-11-14(2)23-19(22-13)30-16-7-5-15(6-8-16)24-17(27)12-26-18(28)21(25-20(26)29)9-3-4-10-21/h5-8,11H,3-4,9-10,12H2,1-2H3,(H,24,27)(H,25,29). The Balaban J connectivity index is 1.36. The summed E-state index contributed by atoms with van der Waals surface area (Å²) < 4.78 is 0. The van der Waals surface area contributed by atoms with Gasteiger partial charge in [0.2, 0.25) is 5.91 Å². The van der Waals surface area contributed by atoms with E-state index in [1.165, 1.54) is 11.8 Å². The Hall–Kier alpha value is -2.94. The third-order valence-corrected chi connectivity index (χ3v) is 6.19. The lowest BCUT2D eigenvalue weighted by Crippen LogP contribution is -2.44. The van der Waals surface area contributed by atoms with Gasteiger partial charge in [-0.05, 0) is 68.8 Å². The molecular weight excluding hydrogens is 402 g/mol. The van der Waals surface area contributed by atoms with Gasteiger partial charge in [0, 0.05) is 22.0 Å². The number of carbonyl (C=O) groups excluding carboxylic acids is 3. The number of urea groups is 1. The van der Waals surface area contributed by atoms with Crippen LogP contribution in [-0.2, 0) is 9.59 Å². The first-order valence-corrected chi connectivity index (χ1v) is 10.7. The zero-order valence-corrected chi connectivity index (χ0v) is 17.7. The maximum absolute atomic E-state index is 12.6. The quantitative estimate of drug-likeness (QED) is 0.564. The number of benzene rings is 1. The summed E-state index contributed by atoms with van der Waals surface area (Å²) in [5.74, 6) is -0.702. The summed E-state index contributed by atoms with van der Waals surface area (Å²) in [5.41, 5.74) is 1.61. The molecule has 2 N–H and O–H groups in total. The first-order chi connectivity index (χ1) is 14.3. The molecule has 1 aromatic heterocycles. The molecule has 4 amide bonds. The summed E-state index contributed by atoms with van der Waals surface area (Å²) >= 11 is 1.44. The van der Waals surface area contributed by atoms with Crippen LogP contribution in [0.3, 0.4) is 0 Å². The predicted molar refractivity (Wildman–Crippen MR) is 112 cm³/mol. The van der Waals surface area contributed by atoms with Crippen LogP contribution in [0.1, 0.15) is 37.1 Å². The number of carbonyl (C=O) groups is 3. The highest BCUT2D eigenvalue weighted by Crippen LogP contribution is 2.35. The van der Waals surface area contributed by atoms with Crippen molar-refractivity contribution < 1.29 is 14.4 Å². The van der Waals surface area contributed by atoms with Crippen LogP contribution in [0, 0.1) is 13.8 Å². The van der Waals surface area contributed by atoms with Crippen molar-refractivity contribution in [3.8, 4) is 0 Å². The molecule has 0 radical (unpaired) electrons. The molecule has 2 aromatic rings. The molecule has 1 spiro atoms. The molecule has 30 heavy (non-hydrogen) atoms. The fourth-order valence-corrected chi connectivity index (χ4v) is 4.79. The van der Waals surface area contributed by atoms with E-state index in [-0.39, 0.29) is 12.5 Å². The maximum Gasteiger partial charge on any atom is 0.325 e. The van der Waals surface area contributed by atoms with E-state index in [1.54, 1.807) is 12.1 Å². The lowest BCUT2D eigenvalue weighted by Gasteiger charge is -2.19. The SMILES string of the molecule is Cc1cc(C)nc(Sc2ccc(NC(=O)CN3C(=O)NC4(CCCC4)C3=O)cc2)n1. The first kappa shape index (κ1) is 20.3. The highest BCUT2D eigenvalue weighted by Gasteiger charge is 2.52. The molecule has 9 heteroatoms. The number of imide groups is 1. The van der Waals surface area contributed by atoms with Gasteiger partial charge in [-0.15, -0.1) is 0 Å². The van der Waals surface area contributed by atoms with Crippen molar-refractivity contribution >= 4 is 35.3 Å². The van der Waals surface area contributed by atoms with Crippen molar-refractivity contribution in [2.45, 2.75) is 55.1 Å². The molecule has 0 bridgehead atoms. The summed E-state index contributed by atoms with van der Waals surface area (Å²) in [5, 5.41) is 6.19. The van der Waals surface area contributed by atoms with Gasteiger partial charge >= 0.3 is 6.03 Å². The van der Waals surface area contributed by atoms with Crippen LogP contribution in [0.5, 0.6) is 0 Å². The number of nitrogens with one attached hydrogen (secondary N) is 2. The molecule has 2 heterocycles. The second kappa shape index (κ2) is 8.06. The number of nitrogens with zero attached hydrogens (tertiary/aromatic N) is 3. The molecule has 1 aliphatic carbocycles. The smallest absolute Gasteiger partial charge is 0.325 e. The van der Waals surface area contributed by atoms with Crippen LogP contribution in [-0.4, -0.2) is 44.8 Å². The molecule has 0 atom stereocenters. The maximum atomic E-state index is 12.6. The number of anilines is 1. The highest BCUT2D eigenvalue weighted by atomic mass is 32.2. The minimum absolute atomic E-state index is 0.291. The van der Waals surface area contributed by atoms with Gasteiger partial charge in [0.05, 0.1) is 0 Å². The van der Waals surface area contributed by atoms with Crippen LogP contribution in [0.2, 0.25) is 0 Å². The molecule has 2 fully saturated rings. The summed E-state index contributed by atoms with van der Waals surface area (Å²) in [6.07, 6.45) is 3.09. The van der Waals surface area contributed by atoms with Crippen molar-refractivity contribution in [1.82, 2.24) is 20.2 Å². The summed E-state index contributed by atoms with van der Waals surface area (Å²) in [4.78, 5) is 48.0. The lowest BCUT2D eigenvalue weighted by molar-refractivity contribution is -0.133. The van der Waals surface area contributed by atoms with E-state index in [1.807, 2.05) is 32.0 Å². The Bertz CT molecular complexity index is 982. The Morgan fingerprint density at radius 1 is 1.13 bits per heavy atom. The molecule has 1 saturated heterocycles. The molecular formula is C21H23N5O3S. The van der Waals surface area contributed by atoms with Gasteiger partial charge in [-0.3, -0.25) is 14.5 Å². The van der Waals surface area contributed by atoms with Crippen LogP contribution in [0.15, 0.2) is 40.4 Å².